The number of anilines is 1. The molecule has 2 aliphatic rings. The molecular weight excluding hydrogens is 425 g/mol. The van der Waals surface area contributed by atoms with Crippen molar-refractivity contribution in [1.29, 1.82) is 0 Å². The number of aromatic nitrogens is 2. The van der Waals surface area contributed by atoms with E-state index in [4.69, 9.17) is 0 Å². The summed E-state index contributed by atoms with van der Waals surface area (Å²) in [5, 5.41) is 2.95. The van der Waals surface area contributed by atoms with E-state index >= 15 is 0 Å². The van der Waals surface area contributed by atoms with E-state index in [2.05, 4.69) is 14.9 Å². The van der Waals surface area contributed by atoms with E-state index in [-0.39, 0.29) is 5.82 Å². The van der Waals surface area contributed by atoms with Crippen molar-refractivity contribution in [3.05, 3.63) is 41.8 Å². The van der Waals surface area contributed by atoms with Gasteiger partial charge in [-0.3, -0.25) is 0 Å². The van der Waals surface area contributed by atoms with Crippen molar-refractivity contribution in [3.8, 4) is 11.1 Å². The second-order valence-corrected chi connectivity index (χ2v) is 10.3. The Hall–Kier alpha value is -2.14. The number of thiophene rings is 1. The fourth-order valence-electron chi connectivity index (χ4n) is 4.15. The molecule has 0 bridgehead atoms. The molecule has 0 N–H and O–H groups in total. The Labute approximate surface area is 178 Å². The van der Waals surface area contributed by atoms with Crippen LogP contribution in [0.15, 0.2) is 36.0 Å². The van der Waals surface area contributed by atoms with Gasteiger partial charge in [0.2, 0.25) is 0 Å². The quantitative estimate of drug-likeness (QED) is 0.615. The van der Waals surface area contributed by atoms with Crippen molar-refractivity contribution in [2.75, 3.05) is 44.2 Å². The Morgan fingerprint density at radius 2 is 1.57 bits per heavy atom. The number of halogens is 1. The summed E-state index contributed by atoms with van der Waals surface area (Å²) in [4.78, 5) is 11.9. The van der Waals surface area contributed by atoms with Gasteiger partial charge in [0.1, 0.15) is 22.8 Å². The van der Waals surface area contributed by atoms with Crippen LogP contribution in [0.5, 0.6) is 0 Å². The Morgan fingerprint density at radius 3 is 2.27 bits per heavy atom. The molecule has 2 fully saturated rings. The van der Waals surface area contributed by atoms with Crippen LogP contribution in [-0.2, 0) is 10.2 Å². The predicted octanol–water partition coefficient (Wildman–Crippen LogP) is 2.96. The van der Waals surface area contributed by atoms with Crippen molar-refractivity contribution in [3.63, 3.8) is 0 Å². The van der Waals surface area contributed by atoms with E-state index in [1.165, 1.54) is 23.5 Å². The van der Waals surface area contributed by atoms with Crippen LogP contribution in [0.4, 0.5) is 10.2 Å². The maximum atomic E-state index is 13.4. The lowest BCUT2D eigenvalue weighted by atomic mass is 10.1. The van der Waals surface area contributed by atoms with E-state index < -0.39 is 10.2 Å². The zero-order valence-corrected chi connectivity index (χ0v) is 18.0. The molecule has 10 heteroatoms. The summed E-state index contributed by atoms with van der Waals surface area (Å²) < 4.78 is 42.2. The van der Waals surface area contributed by atoms with Crippen LogP contribution in [0.2, 0.25) is 0 Å². The number of fused-ring (bicyclic) bond motifs is 1. The van der Waals surface area contributed by atoms with Crippen molar-refractivity contribution < 1.29 is 12.8 Å². The fourth-order valence-corrected chi connectivity index (χ4v) is 6.74. The van der Waals surface area contributed by atoms with Gasteiger partial charge >= 0.3 is 0 Å². The third-order valence-electron chi connectivity index (χ3n) is 5.76. The highest BCUT2D eigenvalue weighted by atomic mass is 32.2. The molecule has 7 nitrogen and oxygen atoms in total. The molecule has 0 unspecified atom stereocenters. The second kappa shape index (κ2) is 7.84. The standard InChI is InChI=1S/C20H22FN5O2S2/c21-16-5-3-15(4-6-16)17-13-29-20-18(17)19(22-14-23-20)24-9-11-26(12-10-24)30(27,28)25-7-1-2-8-25/h3-6,13-14H,1-2,7-12H2. The summed E-state index contributed by atoms with van der Waals surface area (Å²) >= 11 is 1.53. The lowest BCUT2D eigenvalue weighted by molar-refractivity contribution is 0.343. The van der Waals surface area contributed by atoms with Gasteiger partial charge < -0.3 is 4.90 Å². The number of rotatable bonds is 4. The van der Waals surface area contributed by atoms with E-state index in [1.54, 1.807) is 27.1 Å². The first-order valence-corrected chi connectivity index (χ1v) is 12.3. The monoisotopic (exact) mass is 447 g/mol. The van der Waals surface area contributed by atoms with Gasteiger partial charge in [-0.15, -0.1) is 11.3 Å². The lowest BCUT2D eigenvalue weighted by Crippen LogP contribution is -2.52. The first kappa shape index (κ1) is 19.8. The summed E-state index contributed by atoms with van der Waals surface area (Å²) in [7, 11) is -3.38. The maximum Gasteiger partial charge on any atom is 0.282 e. The molecule has 2 aliphatic heterocycles. The summed E-state index contributed by atoms with van der Waals surface area (Å²) in [6.45, 7) is 3.23. The SMILES string of the molecule is O=S(=O)(N1CCCC1)N1CCN(c2ncnc3scc(-c4ccc(F)cc4)c23)CC1. The second-order valence-electron chi connectivity index (χ2n) is 7.53. The van der Waals surface area contributed by atoms with Crippen LogP contribution in [-0.4, -0.2) is 66.3 Å². The lowest BCUT2D eigenvalue weighted by Gasteiger charge is -2.36. The first-order valence-electron chi connectivity index (χ1n) is 10.0. The molecule has 0 spiro atoms. The van der Waals surface area contributed by atoms with Crippen molar-refractivity contribution >= 4 is 37.6 Å². The topological polar surface area (TPSA) is 69.6 Å². The summed E-state index contributed by atoms with van der Waals surface area (Å²) in [6.07, 6.45) is 3.42. The van der Waals surface area contributed by atoms with Crippen LogP contribution >= 0.6 is 11.3 Å². The zero-order valence-electron chi connectivity index (χ0n) is 16.4. The predicted molar refractivity (Wildman–Crippen MR) is 116 cm³/mol. The van der Waals surface area contributed by atoms with E-state index in [0.717, 1.165) is 40.0 Å². The molecule has 158 valence electrons. The minimum absolute atomic E-state index is 0.273. The van der Waals surface area contributed by atoms with Gasteiger partial charge in [-0.2, -0.15) is 17.0 Å². The van der Waals surface area contributed by atoms with Crippen LogP contribution in [0, 0.1) is 5.82 Å². The minimum atomic E-state index is -3.38. The molecule has 0 saturated carbocycles. The smallest absolute Gasteiger partial charge is 0.282 e. The maximum absolute atomic E-state index is 13.4. The molecule has 0 amide bonds. The number of nitrogens with zero attached hydrogens (tertiary/aromatic N) is 5. The van der Waals surface area contributed by atoms with E-state index in [9.17, 15) is 12.8 Å². The normalized spacial score (nSPS) is 19.0. The van der Waals surface area contributed by atoms with Gasteiger partial charge in [-0.05, 0) is 30.5 Å². The van der Waals surface area contributed by atoms with E-state index in [0.29, 0.717) is 39.3 Å². The number of hydrogen-bond acceptors (Lipinski definition) is 6. The molecule has 0 atom stereocenters. The number of piperazine rings is 1. The fraction of sp³-hybridized carbons (Fsp3) is 0.400. The number of hydrogen-bond donors (Lipinski definition) is 0. The van der Waals surface area contributed by atoms with Gasteiger partial charge in [-0.1, -0.05) is 12.1 Å². The highest BCUT2D eigenvalue weighted by Crippen LogP contribution is 2.38. The molecule has 0 aliphatic carbocycles. The molecule has 2 aromatic heterocycles. The van der Waals surface area contributed by atoms with Crippen LogP contribution in [0.25, 0.3) is 21.3 Å². The molecule has 1 aromatic carbocycles. The van der Waals surface area contributed by atoms with Crippen molar-refractivity contribution in [2.24, 2.45) is 0 Å². The summed E-state index contributed by atoms with van der Waals surface area (Å²) in [5.41, 5.74) is 1.88. The first-order chi connectivity index (χ1) is 14.5. The van der Waals surface area contributed by atoms with Gasteiger partial charge in [-0.25, -0.2) is 14.4 Å². The molecule has 30 heavy (non-hydrogen) atoms. The Bertz CT molecular complexity index is 1150. The van der Waals surface area contributed by atoms with Crippen LogP contribution in [0.1, 0.15) is 12.8 Å². The summed E-state index contributed by atoms with van der Waals surface area (Å²) in [5.74, 6) is 0.531. The molecule has 3 aromatic rings. The van der Waals surface area contributed by atoms with Gasteiger partial charge in [0.25, 0.3) is 10.2 Å². The Kier molecular flexibility index (Phi) is 5.18. The van der Waals surface area contributed by atoms with Gasteiger partial charge in [0.15, 0.2) is 0 Å². The third kappa shape index (κ3) is 3.47. The molecular formula is C20H22FN5O2S2. The largest absolute Gasteiger partial charge is 0.353 e. The number of benzene rings is 1. The average molecular weight is 448 g/mol. The Morgan fingerprint density at radius 1 is 0.900 bits per heavy atom. The highest BCUT2D eigenvalue weighted by Gasteiger charge is 2.34. The molecule has 5 rings (SSSR count). The van der Waals surface area contributed by atoms with Crippen molar-refractivity contribution in [1.82, 2.24) is 18.6 Å². The Balaban J connectivity index is 1.42. The van der Waals surface area contributed by atoms with Crippen LogP contribution in [0.3, 0.4) is 0 Å². The molecule has 0 radical (unpaired) electrons. The van der Waals surface area contributed by atoms with Crippen molar-refractivity contribution in [2.45, 2.75) is 12.8 Å². The molecule has 2 saturated heterocycles. The van der Waals surface area contributed by atoms with E-state index in [1.807, 2.05) is 5.38 Å². The van der Waals surface area contributed by atoms with Crippen LogP contribution < -0.4 is 4.90 Å². The van der Waals surface area contributed by atoms with Gasteiger partial charge in [0, 0.05) is 50.2 Å². The highest BCUT2D eigenvalue weighted by molar-refractivity contribution is 7.86. The molecule has 4 heterocycles. The van der Waals surface area contributed by atoms with Gasteiger partial charge in [0.05, 0.1) is 5.39 Å². The third-order valence-corrected chi connectivity index (χ3v) is 8.68. The zero-order chi connectivity index (χ0) is 20.7. The average Bonchev–Trinajstić information content (AvgIpc) is 3.45. The minimum Gasteiger partial charge on any atom is -0.353 e. The summed E-state index contributed by atoms with van der Waals surface area (Å²) in [6, 6.07) is 6.41.